The Morgan fingerprint density at radius 2 is 1.96 bits per heavy atom. The van der Waals surface area contributed by atoms with Crippen molar-refractivity contribution >= 4 is 10.1 Å². The first-order valence-corrected chi connectivity index (χ1v) is 9.46. The van der Waals surface area contributed by atoms with Gasteiger partial charge in [0.2, 0.25) is 0 Å². The molecule has 0 saturated carbocycles. The molecule has 0 bridgehead atoms. The highest BCUT2D eigenvalue weighted by Gasteiger charge is 2.49. The third-order valence-electron chi connectivity index (χ3n) is 4.93. The molecule has 0 spiro atoms. The van der Waals surface area contributed by atoms with Gasteiger partial charge < -0.3 is 14.0 Å². The van der Waals surface area contributed by atoms with Crippen LogP contribution in [0.1, 0.15) is 45.1 Å². The zero-order chi connectivity index (χ0) is 19.5. The Morgan fingerprint density at radius 3 is 2.58 bits per heavy atom. The van der Waals surface area contributed by atoms with Crippen LogP contribution in [-0.4, -0.2) is 24.6 Å². The van der Waals surface area contributed by atoms with Crippen molar-refractivity contribution in [3.05, 3.63) is 29.3 Å². The monoisotopic (exact) mass is 392 g/mol. The first-order valence-electron chi connectivity index (χ1n) is 8.06. The van der Waals surface area contributed by atoms with E-state index in [9.17, 15) is 26.7 Å². The predicted octanol–water partition coefficient (Wildman–Crippen LogP) is 4.23. The molecule has 0 saturated heterocycles. The molecular weight excluding hydrogens is 373 g/mol. The second kappa shape index (κ2) is 5.80. The van der Waals surface area contributed by atoms with E-state index in [2.05, 4.69) is 4.18 Å². The molecule has 5 nitrogen and oxygen atoms in total. The zero-order valence-electron chi connectivity index (χ0n) is 14.4. The van der Waals surface area contributed by atoms with Gasteiger partial charge in [-0.3, -0.25) is 0 Å². The van der Waals surface area contributed by atoms with Crippen molar-refractivity contribution in [1.29, 1.82) is 0 Å². The van der Waals surface area contributed by atoms with Gasteiger partial charge in [-0.15, -0.1) is 0 Å². The molecule has 0 fully saturated rings. The summed E-state index contributed by atoms with van der Waals surface area (Å²) in [5, 5.41) is 10.4. The number of phenols is 1. The summed E-state index contributed by atoms with van der Waals surface area (Å²) in [7, 11) is -5.83. The summed E-state index contributed by atoms with van der Waals surface area (Å²) in [5.41, 5.74) is -4.62. The Balaban J connectivity index is 2.08. The smallest absolute Gasteiger partial charge is 0.507 e. The number of ether oxygens (including phenoxy) is 1. The third-order valence-corrected chi connectivity index (χ3v) is 5.91. The molecule has 3 rings (SSSR count). The first kappa shape index (κ1) is 18.9. The number of fused-ring (bicyclic) bond motifs is 3. The Kier molecular flexibility index (Phi) is 4.21. The summed E-state index contributed by atoms with van der Waals surface area (Å²) >= 11 is 0. The summed E-state index contributed by atoms with van der Waals surface area (Å²) in [5.74, 6) is -0.976. The van der Waals surface area contributed by atoms with Crippen molar-refractivity contribution in [2.24, 2.45) is 5.92 Å². The van der Waals surface area contributed by atoms with Gasteiger partial charge >= 0.3 is 15.6 Å². The second-order valence-corrected chi connectivity index (χ2v) is 8.76. The number of phenolic OH excluding ortho intramolecular Hbond substituents is 1. The highest BCUT2D eigenvalue weighted by Crippen LogP contribution is 2.54. The number of rotatable bonds is 2. The first-order chi connectivity index (χ1) is 11.8. The highest BCUT2D eigenvalue weighted by molar-refractivity contribution is 7.88. The lowest BCUT2D eigenvalue weighted by atomic mass is 9.68. The fraction of sp³-hybridized carbons (Fsp3) is 0.529. The van der Waals surface area contributed by atoms with Crippen LogP contribution in [0.3, 0.4) is 0 Å². The van der Waals surface area contributed by atoms with Crippen molar-refractivity contribution in [3.8, 4) is 17.2 Å². The van der Waals surface area contributed by atoms with Crippen LogP contribution in [0.5, 0.6) is 17.2 Å². The Bertz CT molecular complexity index is 871. The quantitative estimate of drug-likeness (QED) is 0.463. The molecule has 2 atom stereocenters. The lowest BCUT2D eigenvalue weighted by Crippen LogP contribution is -2.45. The fourth-order valence-corrected chi connectivity index (χ4v) is 4.17. The SMILES string of the molecule is CC1=CC2c3c(O)cc(OS(=O)(=O)C(F)(F)F)cc3OC(C)(C)C2CC1. The number of hydrogen-bond donors (Lipinski definition) is 1. The molecule has 0 aromatic heterocycles. The van der Waals surface area contributed by atoms with Crippen molar-refractivity contribution < 1.29 is 35.6 Å². The maximum Gasteiger partial charge on any atom is 0.534 e. The number of alkyl halides is 3. The number of halogens is 3. The number of benzene rings is 1. The van der Waals surface area contributed by atoms with Crippen LogP contribution >= 0.6 is 0 Å². The van der Waals surface area contributed by atoms with E-state index in [4.69, 9.17) is 4.74 Å². The van der Waals surface area contributed by atoms with E-state index in [1.165, 1.54) is 0 Å². The van der Waals surface area contributed by atoms with Crippen LogP contribution in [0.15, 0.2) is 23.8 Å². The van der Waals surface area contributed by atoms with Crippen LogP contribution in [0.4, 0.5) is 13.2 Å². The normalized spacial score (nSPS) is 24.8. The van der Waals surface area contributed by atoms with Gasteiger partial charge in [0.05, 0.1) is 0 Å². The molecule has 1 N–H and O–H groups in total. The van der Waals surface area contributed by atoms with E-state index < -0.39 is 27.0 Å². The molecular formula is C17H19F3O5S. The number of hydrogen-bond acceptors (Lipinski definition) is 5. The van der Waals surface area contributed by atoms with Crippen molar-refractivity contribution in [2.75, 3.05) is 0 Å². The zero-order valence-corrected chi connectivity index (χ0v) is 15.2. The van der Waals surface area contributed by atoms with Crippen LogP contribution in [0.25, 0.3) is 0 Å². The lowest BCUT2D eigenvalue weighted by Gasteiger charge is -2.46. The summed E-state index contributed by atoms with van der Waals surface area (Å²) in [6.07, 6.45) is 3.76. The van der Waals surface area contributed by atoms with Gasteiger partial charge in [-0.2, -0.15) is 21.6 Å². The number of allylic oxidation sites excluding steroid dienone is 2. The predicted molar refractivity (Wildman–Crippen MR) is 87.6 cm³/mol. The third kappa shape index (κ3) is 3.13. The van der Waals surface area contributed by atoms with Gasteiger partial charge in [0.25, 0.3) is 0 Å². The summed E-state index contributed by atoms with van der Waals surface area (Å²) in [4.78, 5) is 0. The molecule has 2 unspecified atom stereocenters. The van der Waals surface area contributed by atoms with E-state index in [-0.39, 0.29) is 23.3 Å². The molecule has 2 aliphatic rings. The maximum atomic E-state index is 12.5. The average molecular weight is 392 g/mol. The van der Waals surface area contributed by atoms with Gasteiger partial charge in [0.1, 0.15) is 22.8 Å². The summed E-state index contributed by atoms with van der Waals surface area (Å²) < 4.78 is 70.1. The largest absolute Gasteiger partial charge is 0.534 e. The molecule has 0 amide bonds. The van der Waals surface area contributed by atoms with Gasteiger partial charge in [-0.05, 0) is 33.6 Å². The van der Waals surface area contributed by atoms with E-state index in [0.29, 0.717) is 5.56 Å². The van der Waals surface area contributed by atoms with Crippen molar-refractivity contribution in [2.45, 2.75) is 50.6 Å². The fourth-order valence-electron chi connectivity index (χ4n) is 3.72. The van der Waals surface area contributed by atoms with Gasteiger partial charge in [0.15, 0.2) is 0 Å². The summed E-state index contributed by atoms with van der Waals surface area (Å²) in [6.45, 7) is 5.70. The van der Waals surface area contributed by atoms with E-state index in [1.54, 1.807) is 0 Å². The van der Waals surface area contributed by atoms with E-state index in [0.717, 1.165) is 30.5 Å². The average Bonchev–Trinajstić information content (AvgIpc) is 2.43. The summed E-state index contributed by atoms with van der Waals surface area (Å²) in [6, 6.07) is 1.95. The molecule has 1 aromatic rings. The molecule has 26 heavy (non-hydrogen) atoms. The second-order valence-electron chi connectivity index (χ2n) is 7.23. The lowest BCUT2D eigenvalue weighted by molar-refractivity contribution is -0.0500. The van der Waals surface area contributed by atoms with Crippen LogP contribution in [-0.2, 0) is 10.1 Å². The van der Waals surface area contributed by atoms with E-state index in [1.807, 2.05) is 26.8 Å². The van der Waals surface area contributed by atoms with Crippen molar-refractivity contribution in [3.63, 3.8) is 0 Å². The maximum absolute atomic E-state index is 12.5. The topological polar surface area (TPSA) is 72.8 Å². The van der Waals surface area contributed by atoms with E-state index >= 15 is 0 Å². The minimum absolute atomic E-state index is 0.0790. The van der Waals surface area contributed by atoms with Gasteiger partial charge in [-0.25, -0.2) is 0 Å². The highest BCUT2D eigenvalue weighted by atomic mass is 32.2. The van der Waals surface area contributed by atoms with Crippen LogP contribution in [0.2, 0.25) is 0 Å². The Labute approximate surface area is 149 Å². The Hall–Kier alpha value is -1.90. The molecule has 1 aliphatic carbocycles. The molecule has 1 aromatic carbocycles. The van der Waals surface area contributed by atoms with Crippen molar-refractivity contribution in [1.82, 2.24) is 0 Å². The minimum Gasteiger partial charge on any atom is -0.507 e. The number of aromatic hydroxyl groups is 1. The molecule has 1 heterocycles. The van der Waals surface area contributed by atoms with Crippen LogP contribution < -0.4 is 8.92 Å². The Morgan fingerprint density at radius 1 is 1.31 bits per heavy atom. The molecule has 144 valence electrons. The van der Waals surface area contributed by atoms with Crippen LogP contribution in [0, 0.1) is 5.92 Å². The molecule has 0 radical (unpaired) electrons. The minimum atomic E-state index is -5.83. The molecule has 9 heteroatoms. The van der Waals surface area contributed by atoms with Gasteiger partial charge in [0, 0.05) is 29.5 Å². The van der Waals surface area contributed by atoms with Gasteiger partial charge in [-0.1, -0.05) is 11.6 Å². The molecule has 1 aliphatic heterocycles. The standard InChI is InChI=1S/C17H19F3O5S/c1-9-4-5-12-11(6-9)15-13(21)7-10(8-14(15)24-16(12,2)3)25-26(22,23)17(18,19)20/h6-8,11-12,21H,4-5H2,1-3H3.